The van der Waals surface area contributed by atoms with Crippen LogP contribution in [0.25, 0.3) is 0 Å². The predicted octanol–water partition coefficient (Wildman–Crippen LogP) is 3.27. The van der Waals surface area contributed by atoms with Crippen LogP contribution in [0, 0.1) is 0 Å². The lowest BCUT2D eigenvalue weighted by atomic mass is 10.2. The molecule has 112 valence electrons. The molecule has 0 atom stereocenters. The van der Waals surface area contributed by atoms with E-state index in [0.717, 1.165) is 11.6 Å². The maximum atomic E-state index is 12.7. The van der Waals surface area contributed by atoms with Gasteiger partial charge in [0.15, 0.2) is 0 Å². The van der Waals surface area contributed by atoms with E-state index in [4.69, 9.17) is 4.74 Å². The van der Waals surface area contributed by atoms with Crippen molar-refractivity contribution in [3.63, 3.8) is 0 Å². The van der Waals surface area contributed by atoms with Crippen molar-refractivity contribution in [3.05, 3.63) is 59.9 Å². The Morgan fingerprint density at radius 1 is 1.05 bits per heavy atom. The molecule has 0 bridgehead atoms. The van der Waals surface area contributed by atoms with Gasteiger partial charge in [-0.2, -0.15) is 13.2 Å². The van der Waals surface area contributed by atoms with Crippen molar-refractivity contribution in [1.82, 2.24) is 10.3 Å². The maximum absolute atomic E-state index is 12.7. The Balaban J connectivity index is 1.79. The minimum absolute atomic E-state index is 0.143. The number of hydrogen-bond acceptors (Lipinski definition) is 3. The summed E-state index contributed by atoms with van der Waals surface area (Å²) >= 11 is 0. The van der Waals surface area contributed by atoms with Crippen molar-refractivity contribution in [1.29, 1.82) is 0 Å². The standard InChI is InChI=1S/C15H15F3N2O/c16-15(17,18)13-3-1-2-4-14(13)21-10-9-20-11-12-5-7-19-8-6-12/h1-8,20H,9-11H2. The first-order chi connectivity index (χ1) is 10.1. The SMILES string of the molecule is FC(F)(F)c1ccccc1OCCNCc1ccncc1. The zero-order valence-corrected chi connectivity index (χ0v) is 11.2. The summed E-state index contributed by atoms with van der Waals surface area (Å²) in [7, 11) is 0. The molecule has 0 aliphatic carbocycles. The first kappa shape index (κ1) is 15.3. The number of para-hydroxylation sites is 1. The molecule has 0 unspecified atom stereocenters. The van der Waals surface area contributed by atoms with Gasteiger partial charge in [-0.05, 0) is 29.8 Å². The van der Waals surface area contributed by atoms with E-state index < -0.39 is 11.7 Å². The summed E-state index contributed by atoms with van der Waals surface area (Å²) in [5, 5.41) is 3.10. The van der Waals surface area contributed by atoms with Gasteiger partial charge in [-0.25, -0.2) is 0 Å². The van der Waals surface area contributed by atoms with E-state index in [0.29, 0.717) is 13.1 Å². The van der Waals surface area contributed by atoms with Crippen LogP contribution in [0.4, 0.5) is 13.2 Å². The molecular weight excluding hydrogens is 281 g/mol. The van der Waals surface area contributed by atoms with Gasteiger partial charge in [-0.1, -0.05) is 12.1 Å². The minimum Gasteiger partial charge on any atom is -0.492 e. The van der Waals surface area contributed by atoms with Gasteiger partial charge in [0.25, 0.3) is 0 Å². The molecule has 0 saturated carbocycles. The third-order valence-corrected chi connectivity index (χ3v) is 2.81. The van der Waals surface area contributed by atoms with Gasteiger partial charge < -0.3 is 10.1 Å². The molecule has 0 spiro atoms. The second-order valence-electron chi connectivity index (χ2n) is 4.37. The first-order valence-corrected chi connectivity index (χ1v) is 6.46. The molecular formula is C15H15F3N2O. The summed E-state index contributed by atoms with van der Waals surface area (Å²) in [6.07, 6.45) is -1.03. The summed E-state index contributed by atoms with van der Waals surface area (Å²) in [5.74, 6) is -0.143. The number of benzene rings is 1. The number of ether oxygens (including phenoxy) is 1. The van der Waals surface area contributed by atoms with Crippen LogP contribution >= 0.6 is 0 Å². The maximum Gasteiger partial charge on any atom is 0.419 e. The molecule has 1 heterocycles. The number of alkyl halides is 3. The Labute approximate surface area is 120 Å². The molecule has 0 aliphatic rings. The fourth-order valence-corrected chi connectivity index (χ4v) is 1.79. The lowest BCUT2D eigenvalue weighted by Gasteiger charge is -2.13. The highest BCUT2D eigenvalue weighted by Gasteiger charge is 2.33. The lowest BCUT2D eigenvalue weighted by molar-refractivity contribution is -0.138. The number of halogens is 3. The van der Waals surface area contributed by atoms with Crippen LogP contribution in [0.5, 0.6) is 5.75 Å². The Morgan fingerprint density at radius 2 is 1.76 bits per heavy atom. The van der Waals surface area contributed by atoms with E-state index in [-0.39, 0.29) is 12.4 Å². The highest BCUT2D eigenvalue weighted by Crippen LogP contribution is 2.35. The van der Waals surface area contributed by atoms with E-state index >= 15 is 0 Å². The normalized spacial score (nSPS) is 11.4. The van der Waals surface area contributed by atoms with Crippen LogP contribution in [0.15, 0.2) is 48.8 Å². The topological polar surface area (TPSA) is 34.1 Å². The van der Waals surface area contributed by atoms with E-state index in [9.17, 15) is 13.2 Å². The van der Waals surface area contributed by atoms with Crippen molar-refractivity contribution >= 4 is 0 Å². The van der Waals surface area contributed by atoms with Crippen molar-refractivity contribution in [2.45, 2.75) is 12.7 Å². The van der Waals surface area contributed by atoms with E-state index in [1.807, 2.05) is 12.1 Å². The van der Waals surface area contributed by atoms with Gasteiger partial charge in [0.05, 0.1) is 5.56 Å². The Bertz CT molecular complexity index is 558. The number of hydrogen-bond donors (Lipinski definition) is 1. The van der Waals surface area contributed by atoms with Crippen LogP contribution in [-0.2, 0) is 12.7 Å². The average Bonchev–Trinajstić information content (AvgIpc) is 2.47. The highest BCUT2D eigenvalue weighted by molar-refractivity contribution is 5.35. The van der Waals surface area contributed by atoms with E-state index in [2.05, 4.69) is 10.3 Å². The largest absolute Gasteiger partial charge is 0.492 e. The third-order valence-electron chi connectivity index (χ3n) is 2.81. The van der Waals surface area contributed by atoms with Gasteiger partial charge in [0, 0.05) is 25.5 Å². The summed E-state index contributed by atoms with van der Waals surface area (Å²) < 4.78 is 43.4. The van der Waals surface area contributed by atoms with E-state index in [1.165, 1.54) is 18.2 Å². The summed E-state index contributed by atoms with van der Waals surface area (Å²) in [6, 6.07) is 8.94. The molecule has 1 aromatic carbocycles. The Morgan fingerprint density at radius 3 is 2.48 bits per heavy atom. The zero-order valence-electron chi connectivity index (χ0n) is 11.2. The quantitative estimate of drug-likeness (QED) is 0.831. The molecule has 0 aliphatic heterocycles. The second kappa shape index (κ2) is 7.08. The molecule has 6 heteroatoms. The number of aromatic nitrogens is 1. The third kappa shape index (κ3) is 4.75. The molecule has 0 fully saturated rings. The fourth-order valence-electron chi connectivity index (χ4n) is 1.79. The second-order valence-corrected chi connectivity index (χ2v) is 4.37. The first-order valence-electron chi connectivity index (χ1n) is 6.46. The van der Waals surface area contributed by atoms with Crippen molar-refractivity contribution < 1.29 is 17.9 Å². The average molecular weight is 296 g/mol. The van der Waals surface area contributed by atoms with Crippen LogP contribution in [-0.4, -0.2) is 18.1 Å². The fraction of sp³-hybridized carbons (Fsp3) is 0.267. The molecule has 0 radical (unpaired) electrons. The summed E-state index contributed by atoms with van der Waals surface area (Å²) in [4.78, 5) is 3.90. The number of rotatable bonds is 6. The van der Waals surface area contributed by atoms with Crippen LogP contribution in [0.2, 0.25) is 0 Å². The van der Waals surface area contributed by atoms with Gasteiger partial charge in [-0.15, -0.1) is 0 Å². The van der Waals surface area contributed by atoms with Gasteiger partial charge >= 0.3 is 6.18 Å². The van der Waals surface area contributed by atoms with Crippen LogP contribution in [0.1, 0.15) is 11.1 Å². The van der Waals surface area contributed by atoms with Crippen molar-refractivity contribution in [2.75, 3.05) is 13.2 Å². The van der Waals surface area contributed by atoms with Crippen molar-refractivity contribution in [2.24, 2.45) is 0 Å². The lowest BCUT2D eigenvalue weighted by Crippen LogP contribution is -2.21. The smallest absolute Gasteiger partial charge is 0.419 e. The highest BCUT2D eigenvalue weighted by atomic mass is 19.4. The molecule has 2 aromatic rings. The van der Waals surface area contributed by atoms with Gasteiger partial charge in [0.1, 0.15) is 12.4 Å². The molecule has 0 amide bonds. The number of nitrogens with one attached hydrogen (secondary N) is 1. The van der Waals surface area contributed by atoms with E-state index in [1.54, 1.807) is 12.4 Å². The Hall–Kier alpha value is -2.08. The minimum atomic E-state index is -4.40. The summed E-state index contributed by atoms with van der Waals surface area (Å²) in [5.41, 5.74) is 0.305. The van der Waals surface area contributed by atoms with Crippen LogP contribution < -0.4 is 10.1 Å². The number of nitrogens with zero attached hydrogens (tertiary/aromatic N) is 1. The van der Waals surface area contributed by atoms with Gasteiger partial charge in [-0.3, -0.25) is 4.98 Å². The zero-order chi connectivity index (χ0) is 15.1. The van der Waals surface area contributed by atoms with Crippen LogP contribution in [0.3, 0.4) is 0 Å². The summed E-state index contributed by atoms with van der Waals surface area (Å²) in [6.45, 7) is 1.24. The molecule has 1 aromatic heterocycles. The Kier molecular flexibility index (Phi) is 5.16. The predicted molar refractivity (Wildman–Crippen MR) is 72.9 cm³/mol. The molecule has 3 nitrogen and oxygen atoms in total. The monoisotopic (exact) mass is 296 g/mol. The molecule has 2 rings (SSSR count). The molecule has 1 N–H and O–H groups in total. The number of pyridine rings is 1. The van der Waals surface area contributed by atoms with Crippen molar-refractivity contribution in [3.8, 4) is 5.75 Å². The molecule has 21 heavy (non-hydrogen) atoms. The molecule has 0 saturated heterocycles. The van der Waals surface area contributed by atoms with Gasteiger partial charge in [0.2, 0.25) is 0 Å².